The molecule has 10 nitrogen and oxygen atoms in total. The number of morpholine rings is 1. The third-order valence-corrected chi connectivity index (χ3v) is 4.46. The smallest absolute Gasteiger partial charge is 0.429 e. The van der Waals surface area contributed by atoms with Crippen molar-refractivity contribution in [2.75, 3.05) is 30.9 Å². The fourth-order valence-corrected chi connectivity index (χ4v) is 3.04. The number of nitrogens with one attached hydrogen (secondary N) is 1. The normalized spacial score (nSPS) is 17.9. The molecule has 0 aliphatic carbocycles. The molecular weight excluding hydrogens is 368 g/mol. The van der Waals surface area contributed by atoms with E-state index in [1.54, 1.807) is 24.3 Å². The number of hydrogen-bond acceptors (Lipinski definition) is 8. The number of ether oxygens (including phenoxy) is 3. The van der Waals surface area contributed by atoms with Crippen LogP contribution in [0.5, 0.6) is 5.75 Å². The van der Waals surface area contributed by atoms with Gasteiger partial charge in [-0.2, -0.15) is 0 Å². The average Bonchev–Trinajstić information content (AvgIpc) is 2.70. The minimum absolute atomic E-state index is 0.0601. The lowest BCUT2D eigenvalue weighted by atomic mass is 10.2. The topological polar surface area (TPSA) is 125 Å². The third kappa shape index (κ3) is 3.37. The average molecular weight is 386 g/mol. The maximum Gasteiger partial charge on any atom is 0.514 e. The number of nitrogen functional groups attached to an aromatic ring is 1. The van der Waals surface area contributed by atoms with Crippen LogP contribution < -0.4 is 21.3 Å². The van der Waals surface area contributed by atoms with E-state index in [9.17, 15) is 14.4 Å². The summed E-state index contributed by atoms with van der Waals surface area (Å²) in [5, 5.41) is 0. The SMILES string of the molecule is Nc1ccc(COC(=O)Oc2c3n(ccc2=O)NC2COCCN2C3=O)cc1. The Labute approximate surface area is 159 Å². The summed E-state index contributed by atoms with van der Waals surface area (Å²) in [5.74, 6) is -0.807. The van der Waals surface area contributed by atoms with Crippen molar-refractivity contribution in [2.24, 2.45) is 0 Å². The summed E-state index contributed by atoms with van der Waals surface area (Å²) in [4.78, 5) is 38.7. The van der Waals surface area contributed by atoms with E-state index in [0.29, 0.717) is 31.0 Å². The molecule has 2 aliphatic heterocycles. The highest BCUT2D eigenvalue weighted by molar-refractivity contribution is 5.97. The van der Waals surface area contributed by atoms with E-state index in [4.69, 9.17) is 19.9 Å². The molecule has 3 N–H and O–H groups in total. The quantitative estimate of drug-likeness (QED) is 0.577. The number of nitrogens with two attached hydrogens (primary N) is 1. The van der Waals surface area contributed by atoms with E-state index < -0.39 is 17.5 Å². The number of amides is 1. The Kier molecular flexibility index (Phi) is 4.62. The molecule has 0 spiro atoms. The van der Waals surface area contributed by atoms with Crippen LogP contribution in [0.2, 0.25) is 0 Å². The van der Waals surface area contributed by atoms with Gasteiger partial charge in [0.15, 0.2) is 5.69 Å². The largest absolute Gasteiger partial charge is 0.514 e. The predicted molar refractivity (Wildman–Crippen MR) is 97.4 cm³/mol. The van der Waals surface area contributed by atoms with E-state index in [0.717, 1.165) is 0 Å². The van der Waals surface area contributed by atoms with Gasteiger partial charge in [0.25, 0.3) is 5.91 Å². The number of nitrogens with zero attached hydrogens (tertiary/aromatic N) is 2. The Morgan fingerprint density at radius 2 is 2.04 bits per heavy atom. The molecule has 0 bridgehead atoms. The standard InChI is InChI=1S/C18H18N4O6/c19-12-3-1-11(2-4-12)9-27-18(25)28-16-13(23)5-6-22-15(16)17(24)21-7-8-26-10-14(21)20-22/h1-6,14,20H,7-10,19H2. The molecule has 0 radical (unpaired) electrons. The van der Waals surface area contributed by atoms with Gasteiger partial charge in [-0.1, -0.05) is 12.1 Å². The molecule has 28 heavy (non-hydrogen) atoms. The summed E-state index contributed by atoms with van der Waals surface area (Å²) in [5.41, 5.74) is 9.28. The Hall–Kier alpha value is -3.53. The molecule has 1 aromatic heterocycles. The maximum atomic E-state index is 12.8. The Morgan fingerprint density at radius 3 is 2.82 bits per heavy atom. The van der Waals surface area contributed by atoms with Gasteiger partial charge >= 0.3 is 6.16 Å². The number of anilines is 1. The van der Waals surface area contributed by atoms with Crippen LogP contribution in [0.3, 0.4) is 0 Å². The number of fused-ring (bicyclic) bond motifs is 2. The van der Waals surface area contributed by atoms with Gasteiger partial charge < -0.3 is 30.3 Å². The van der Waals surface area contributed by atoms with Crippen LogP contribution in [-0.4, -0.2) is 47.6 Å². The summed E-state index contributed by atoms with van der Waals surface area (Å²) < 4.78 is 16.9. The van der Waals surface area contributed by atoms with E-state index in [-0.39, 0.29) is 24.2 Å². The first-order valence-corrected chi connectivity index (χ1v) is 8.63. The molecule has 0 saturated carbocycles. The van der Waals surface area contributed by atoms with Crippen LogP contribution in [0, 0.1) is 0 Å². The van der Waals surface area contributed by atoms with Crippen molar-refractivity contribution >= 4 is 17.7 Å². The Balaban J connectivity index is 1.53. The number of rotatable bonds is 3. The summed E-state index contributed by atoms with van der Waals surface area (Å²) in [6.07, 6.45) is -0.0324. The van der Waals surface area contributed by atoms with Crippen LogP contribution in [0.1, 0.15) is 16.1 Å². The number of pyridine rings is 1. The Bertz CT molecular complexity index is 971. The molecule has 1 fully saturated rings. The second-order valence-electron chi connectivity index (χ2n) is 6.33. The molecule has 146 valence electrons. The van der Waals surface area contributed by atoms with Gasteiger partial charge in [-0.25, -0.2) is 4.79 Å². The van der Waals surface area contributed by atoms with E-state index in [1.165, 1.54) is 21.8 Å². The first-order chi connectivity index (χ1) is 13.5. The monoisotopic (exact) mass is 386 g/mol. The Morgan fingerprint density at radius 1 is 1.25 bits per heavy atom. The zero-order valence-electron chi connectivity index (χ0n) is 14.8. The zero-order valence-corrected chi connectivity index (χ0v) is 14.8. The van der Waals surface area contributed by atoms with E-state index in [1.807, 2.05) is 0 Å². The van der Waals surface area contributed by atoms with Gasteiger partial charge in [-0.05, 0) is 17.7 Å². The lowest BCUT2D eigenvalue weighted by molar-refractivity contribution is -0.00324. The van der Waals surface area contributed by atoms with Crippen molar-refractivity contribution in [1.82, 2.24) is 9.58 Å². The fourth-order valence-electron chi connectivity index (χ4n) is 3.04. The lowest BCUT2D eigenvalue weighted by Gasteiger charge is -2.41. The fraction of sp³-hybridized carbons (Fsp3) is 0.278. The second-order valence-corrected chi connectivity index (χ2v) is 6.33. The molecule has 2 aliphatic rings. The third-order valence-electron chi connectivity index (χ3n) is 4.46. The van der Waals surface area contributed by atoms with Crippen LogP contribution in [0.25, 0.3) is 0 Å². The highest BCUT2D eigenvalue weighted by Gasteiger charge is 2.37. The van der Waals surface area contributed by atoms with Gasteiger partial charge in [0, 0.05) is 24.5 Å². The number of aromatic nitrogens is 1. The van der Waals surface area contributed by atoms with Gasteiger partial charge in [-0.15, -0.1) is 0 Å². The summed E-state index contributed by atoms with van der Waals surface area (Å²) in [7, 11) is 0. The highest BCUT2D eigenvalue weighted by atomic mass is 16.7. The van der Waals surface area contributed by atoms with Gasteiger partial charge in [0.2, 0.25) is 11.2 Å². The molecule has 4 rings (SSSR count). The number of carbonyl (C=O) groups is 2. The molecule has 1 amide bonds. The van der Waals surface area contributed by atoms with Gasteiger partial charge in [0.05, 0.1) is 13.2 Å². The van der Waals surface area contributed by atoms with Crippen molar-refractivity contribution < 1.29 is 23.8 Å². The molecular formula is C18H18N4O6. The highest BCUT2D eigenvalue weighted by Crippen LogP contribution is 2.23. The minimum atomic E-state index is -1.08. The van der Waals surface area contributed by atoms with E-state index in [2.05, 4.69) is 5.43 Å². The van der Waals surface area contributed by atoms with Crippen LogP contribution in [0.4, 0.5) is 10.5 Å². The summed E-state index contributed by atoms with van der Waals surface area (Å²) in [6.45, 7) is 1.01. The first kappa shape index (κ1) is 17.9. The zero-order chi connectivity index (χ0) is 19.7. The van der Waals surface area contributed by atoms with E-state index >= 15 is 0 Å². The molecule has 1 aromatic carbocycles. The van der Waals surface area contributed by atoms with Crippen molar-refractivity contribution in [1.29, 1.82) is 0 Å². The number of hydrogen-bond donors (Lipinski definition) is 2. The summed E-state index contributed by atoms with van der Waals surface area (Å²) in [6, 6.07) is 7.95. The molecule has 1 unspecified atom stereocenters. The van der Waals surface area contributed by atoms with Gasteiger partial charge in [0.1, 0.15) is 12.8 Å². The van der Waals surface area contributed by atoms with Crippen LogP contribution in [0.15, 0.2) is 41.3 Å². The summed E-state index contributed by atoms with van der Waals surface area (Å²) >= 11 is 0. The van der Waals surface area contributed by atoms with Gasteiger partial charge in [-0.3, -0.25) is 14.3 Å². The molecule has 10 heteroatoms. The van der Waals surface area contributed by atoms with Crippen molar-refractivity contribution in [2.45, 2.75) is 12.8 Å². The minimum Gasteiger partial charge on any atom is -0.429 e. The lowest BCUT2D eigenvalue weighted by Crippen LogP contribution is -2.59. The molecule has 3 heterocycles. The molecule has 2 aromatic rings. The van der Waals surface area contributed by atoms with Crippen molar-refractivity contribution in [3.8, 4) is 5.75 Å². The maximum absolute atomic E-state index is 12.8. The molecule has 1 saturated heterocycles. The van der Waals surface area contributed by atoms with Crippen LogP contribution in [-0.2, 0) is 16.1 Å². The second kappa shape index (κ2) is 7.24. The first-order valence-electron chi connectivity index (χ1n) is 8.63. The van der Waals surface area contributed by atoms with Crippen LogP contribution >= 0.6 is 0 Å². The van der Waals surface area contributed by atoms with Crippen molar-refractivity contribution in [3.05, 3.63) is 58.0 Å². The number of benzene rings is 1. The predicted octanol–water partition coefficient (Wildman–Crippen LogP) is 0.502. The molecule has 1 atom stereocenters. The van der Waals surface area contributed by atoms with Crippen molar-refractivity contribution in [3.63, 3.8) is 0 Å². The number of carbonyl (C=O) groups excluding carboxylic acids is 2.